The normalized spacial score (nSPS) is 11.9. The first-order valence-corrected chi connectivity index (χ1v) is 11.7. The van der Waals surface area contributed by atoms with Gasteiger partial charge in [0.05, 0.1) is 12.6 Å². The summed E-state index contributed by atoms with van der Waals surface area (Å²) in [6, 6.07) is 20.6. The number of pyridine rings is 1. The lowest BCUT2D eigenvalue weighted by Gasteiger charge is -2.18. The van der Waals surface area contributed by atoms with Crippen LogP contribution in [0, 0.1) is 0 Å². The molecule has 0 aliphatic heterocycles. The summed E-state index contributed by atoms with van der Waals surface area (Å²) in [6.45, 7) is 2.47. The molecule has 32 heavy (non-hydrogen) atoms. The Kier molecular flexibility index (Phi) is 7.02. The second-order valence-electron chi connectivity index (χ2n) is 7.70. The van der Waals surface area contributed by atoms with Crippen LogP contribution in [0.1, 0.15) is 58.1 Å². The molecule has 0 bridgehead atoms. The number of furan rings is 1. The Labute approximate surface area is 191 Å². The van der Waals surface area contributed by atoms with E-state index < -0.39 is 0 Å². The number of amides is 1. The molecule has 0 fully saturated rings. The molecule has 0 saturated carbocycles. The smallest absolute Gasteiger partial charge is 0.287 e. The van der Waals surface area contributed by atoms with Crippen LogP contribution >= 0.6 is 11.3 Å². The number of benzene rings is 1. The van der Waals surface area contributed by atoms with E-state index in [1.54, 1.807) is 41.8 Å². The molecular weight excluding hydrogens is 420 g/mol. The third kappa shape index (κ3) is 5.26. The first-order valence-electron chi connectivity index (χ1n) is 10.8. The van der Waals surface area contributed by atoms with Crippen LogP contribution in [-0.2, 0) is 13.0 Å². The van der Waals surface area contributed by atoms with Crippen molar-refractivity contribution in [2.75, 3.05) is 0 Å². The number of rotatable bonds is 9. The van der Waals surface area contributed by atoms with Gasteiger partial charge in [-0.1, -0.05) is 49.7 Å². The molecule has 5 nitrogen and oxygen atoms in total. The molecule has 0 aliphatic carbocycles. The van der Waals surface area contributed by atoms with Crippen LogP contribution in [0.15, 0.2) is 87.5 Å². The highest BCUT2D eigenvalue weighted by Gasteiger charge is 2.21. The quantitative estimate of drug-likeness (QED) is 0.374. The van der Waals surface area contributed by atoms with Gasteiger partial charge in [0.1, 0.15) is 5.76 Å². The van der Waals surface area contributed by atoms with Gasteiger partial charge in [0.25, 0.3) is 11.5 Å². The number of thiophene rings is 1. The summed E-state index contributed by atoms with van der Waals surface area (Å²) in [6.07, 6.45) is 5.09. The van der Waals surface area contributed by atoms with Gasteiger partial charge in [0, 0.05) is 17.1 Å². The molecule has 0 aliphatic rings. The first-order chi connectivity index (χ1) is 15.6. The summed E-state index contributed by atoms with van der Waals surface area (Å²) >= 11 is 1.61. The van der Waals surface area contributed by atoms with Crippen molar-refractivity contribution in [2.24, 2.45) is 0 Å². The molecule has 1 N–H and O–H groups in total. The number of nitrogens with zero attached hydrogens (tertiary/aromatic N) is 1. The van der Waals surface area contributed by atoms with E-state index in [9.17, 15) is 9.59 Å². The predicted molar refractivity (Wildman–Crippen MR) is 127 cm³/mol. The lowest BCUT2D eigenvalue weighted by molar-refractivity contribution is 0.0913. The van der Waals surface area contributed by atoms with E-state index in [2.05, 4.69) is 36.5 Å². The Hall–Kier alpha value is -3.38. The lowest BCUT2D eigenvalue weighted by atomic mass is 10.0. The van der Waals surface area contributed by atoms with Crippen molar-refractivity contribution in [1.29, 1.82) is 0 Å². The van der Waals surface area contributed by atoms with Crippen LogP contribution in [0.4, 0.5) is 0 Å². The third-order valence-corrected chi connectivity index (χ3v) is 6.28. The minimum atomic E-state index is -0.287. The van der Waals surface area contributed by atoms with Gasteiger partial charge < -0.3 is 14.3 Å². The predicted octanol–water partition coefficient (Wildman–Crippen LogP) is 5.41. The third-order valence-electron chi connectivity index (χ3n) is 5.35. The van der Waals surface area contributed by atoms with E-state index in [4.69, 9.17) is 4.42 Å². The molecule has 164 valence electrons. The molecule has 4 rings (SSSR count). The van der Waals surface area contributed by atoms with Gasteiger partial charge in [-0.2, -0.15) is 0 Å². The van der Waals surface area contributed by atoms with Crippen LogP contribution in [0.3, 0.4) is 0 Å². The fourth-order valence-corrected chi connectivity index (χ4v) is 4.38. The highest BCUT2D eigenvalue weighted by Crippen LogP contribution is 2.27. The summed E-state index contributed by atoms with van der Waals surface area (Å²) in [5.41, 5.74) is 2.22. The van der Waals surface area contributed by atoms with Crippen LogP contribution in [0.2, 0.25) is 0 Å². The number of hydrogen-bond donors (Lipinski definition) is 1. The maximum absolute atomic E-state index is 13.0. The number of carbonyl (C=O) groups excluding carboxylic acids is 1. The number of nitrogens with one attached hydrogen (secondary N) is 1. The average molecular weight is 447 g/mol. The highest BCUT2D eigenvalue weighted by molar-refractivity contribution is 7.10. The summed E-state index contributed by atoms with van der Waals surface area (Å²) in [4.78, 5) is 26.0. The van der Waals surface area contributed by atoms with Crippen LogP contribution < -0.4 is 10.9 Å². The van der Waals surface area contributed by atoms with Gasteiger partial charge in [0.15, 0.2) is 5.76 Å². The van der Waals surface area contributed by atoms with Gasteiger partial charge >= 0.3 is 0 Å². The summed E-state index contributed by atoms with van der Waals surface area (Å²) in [7, 11) is 0. The zero-order valence-electron chi connectivity index (χ0n) is 18.0. The number of carbonyl (C=O) groups is 1. The molecule has 3 heterocycles. The SMILES string of the molecule is CCCCc1ccc(C(NC(=O)c2ccc(Cn3ccccc3=O)o2)c2cccs2)cc1. The zero-order valence-corrected chi connectivity index (χ0v) is 18.8. The Morgan fingerprint density at radius 1 is 1.06 bits per heavy atom. The molecule has 0 radical (unpaired) electrons. The molecule has 1 atom stereocenters. The van der Waals surface area contributed by atoms with E-state index in [0.29, 0.717) is 5.76 Å². The molecule has 3 aromatic heterocycles. The lowest BCUT2D eigenvalue weighted by Crippen LogP contribution is -2.28. The van der Waals surface area contributed by atoms with Gasteiger partial charge in [-0.25, -0.2) is 0 Å². The van der Waals surface area contributed by atoms with Gasteiger partial charge in [0.2, 0.25) is 0 Å². The topological polar surface area (TPSA) is 64.2 Å². The second kappa shape index (κ2) is 10.3. The van der Waals surface area contributed by atoms with E-state index >= 15 is 0 Å². The Bertz CT molecular complexity index is 1210. The maximum atomic E-state index is 13.0. The van der Waals surface area contributed by atoms with Crippen molar-refractivity contribution in [3.63, 3.8) is 0 Å². The van der Waals surface area contributed by atoms with Gasteiger partial charge in [-0.3, -0.25) is 9.59 Å². The van der Waals surface area contributed by atoms with Crippen LogP contribution in [0.5, 0.6) is 0 Å². The largest absolute Gasteiger partial charge is 0.454 e. The Morgan fingerprint density at radius 2 is 1.91 bits per heavy atom. The van der Waals surface area contributed by atoms with Gasteiger partial charge in [-0.15, -0.1) is 11.3 Å². The van der Waals surface area contributed by atoms with Crippen molar-refractivity contribution in [2.45, 2.75) is 38.8 Å². The van der Waals surface area contributed by atoms with E-state index in [-0.39, 0.29) is 29.8 Å². The zero-order chi connectivity index (χ0) is 22.3. The number of aromatic nitrogens is 1. The van der Waals surface area contributed by atoms with E-state index in [1.807, 2.05) is 17.5 Å². The molecule has 6 heteroatoms. The number of unbranched alkanes of at least 4 members (excludes halogenated alkanes) is 1. The number of hydrogen-bond acceptors (Lipinski definition) is 4. The Morgan fingerprint density at radius 3 is 2.62 bits per heavy atom. The summed E-state index contributed by atoms with van der Waals surface area (Å²) in [5, 5.41) is 5.12. The number of aryl methyl sites for hydroxylation is 1. The minimum absolute atomic E-state index is 0.116. The molecule has 0 saturated heterocycles. The summed E-state index contributed by atoms with van der Waals surface area (Å²) < 4.78 is 7.29. The monoisotopic (exact) mass is 446 g/mol. The van der Waals surface area contributed by atoms with Crippen molar-refractivity contribution in [3.8, 4) is 0 Å². The molecule has 0 spiro atoms. The maximum Gasteiger partial charge on any atom is 0.287 e. The molecule has 1 unspecified atom stereocenters. The fraction of sp³-hybridized carbons (Fsp3) is 0.231. The summed E-state index contributed by atoms with van der Waals surface area (Å²) in [5.74, 6) is 0.492. The van der Waals surface area contributed by atoms with E-state index in [1.165, 1.54) is 29.0 Å². The van der Waals surface area contributed by atoms with Crippen molar-refractivity contribution >= 4 is 17.2 Å². The van der Waals surface area contributed by atoms with Gasteiger partial charge in [-0.05, 0) is 53.6 Å². The molecule has 1 amide bonds. The molecule has 4 aromatic rings. The fourth-order valence-electron chi connectivity index (χ4n) is 3.58. The Balaban J connectivity index is 1.50. The highest BCUT2D eigenvalue weighted by atomic mass is 32.1. The van der Waals surface area contributed by atoms with Crippen molar-refractivity contribution in [1.82, 2.24) is 9.88 Å². The molecular formula is C26H26N2O3S. The van der Waals surface area contributed by atoms with Crippen LogP contribution in [-0.4, -0.2) is 10.5 Å². The molecule has 1 aromatic carbocycles. The second-order valence-corrected chi connectivity index (χ2v) is 8.68. The minimum Gasteiger partial charge on any atom is -0.454 e. The first kappa shape index (κ1) is 21.8. The van der Waals surface area contributed by atoms with Crippen molar-refractivity contribution in [3.05, 3.63) is 116 Å². The average Bonchev–Trinajstić information content (AvgIpc) is 3.50. The van der Waals surface area contributed by atoms with Crippen LogP contribution in [0.25, 0.3) is 0 Å². The standard InChI is InChI=1S/C26H26N2O3S/c1-2-3-7-19-10-12-20(13-11-19)25(23-8-6-17-32-23)27-26(30)22-15-14-21(31-22)18-28-16-5-4-9-24(28)29/h4-6,8-17,25H,2-3,7,18H2,1H3,(H,27,30). The van der Waals surface area contributed by atoms with Crippen molar-refractivity contribution < 1.29 is 9.21 Å². The van der Waals surface area contributed by atoms with E-state index in [0.717, 1.165) is 16.9 Å².